The first kappa shape index (κ1) is 15.6. The van der Waals surface area contributed by atoms with Gasteiger partial charge in [-0.2, -0.15) is 5.10 Å². The molecule has 2 aromatic rings. The number of rotatable bonds is 4. The van der Waals surface area contributed by atoms with Crippen LogP contribution in [0.1, 0.15) is 37.6 Å². The second-order valence-electron chi connectivity index (χ2n) is 6.28. The number of halogens is 2. The van der Waals surface area contributed by atoms with E-state index in [-0.39, 0.29) is 5.41 Å². The van der Waals surface area contributed by atoms with Crippen LogP contribution in [0.3, 0.4) is 0 Å². The fraction of sp³-hybridized carbons (Fsp3) is 0.438. The Bertz CT molecular complexity index is 627. The van der Waals surface area contributed by atoms with Crippen LogP contribution in [0.5, 0.6) is 0 Å². The van der Waals surface area contributed by atoms with E-state index in [4.69, 9.17) is 0 Å². The molecule has 0 radical (unpaired) electrons. The number of aromatic nitrogens is 2. The molecule has 0 atom stereocenters. The largest absolute Gasteiger partial charge is 0.308 e. The lowest BCUT2D eigenvalue weighted by Gasteiger charge is -2.17. The zero-order valence-corrected chi connectivity index (χ0v) is 12.9. The Morgan fingerprint density at radius 1 is 1.14 bits per heavy atom. The van der Waals surface area contributed by atoms with E-state index < -0.39 is 11.6 Å². The lowest BCUT2D eigenvalue weighted by molar-refractivity contribution is 0.505. The molecule has 0 aliphatic carbocycles. The van der Waals surface area contributed by atoms with Crippen LogP contribution in [0.2, 0.25) is 0 Å². The van der Waals surface area contributed by atoms with Gasteiger partial charge in [0.1, 0.15) is 0 Å². The molecule has 0 bridgehead atoms. The molecule has 0 unspecified atom stereocenters. The van der Waals surface area contributed by atoms with Crippen LogP contribution in [0, 0.1) is 11.6 Å². The van der Waals surface area contributed by atoms with Gasteiger partial charge in [-0.1, -0.05) is 26.8 Å². The van der Waals surface area contributed by atoms with Crippen molar-refractivity contribution in [2.45, 2.75) is 39.3 Å². The Balaban J connectivity index is 2.02. The summed E-state index contributed by atoms with van der Waals surface area (Å²) in [6.45, 7) is 7.48. The van der Waals surface area contributed by atoms with Crippen molar-refractivity contribution in [1.29, 1.82) is 0 Å². The average molecular weight is 293 g/mol. The van der Waals surface area contributed by atoms with Gasteiger partial charge in [-0.3, -0.25) is 4.68 Å². The minimum atomic E-state index is -0.818. The normalized spacial score (nSPS) is 11.9. The fourth-order valence-corrected chi connectivity index (χ4v) is 2.29. The van der Waals surface area contributed by atoms with Gasteiger partial charge in [-0.25, -0.2) is 8.78 Å². The molecule has 3 nitrogen and oxygen atoms in total. The molecule has 21 heavy (non-hydrogen) atoms. The van der Waals surface area contributed by atoms with Crippen molar-refractivity contribution >= 4 is 0 Å². The summed E-state index contributed by atoms with van der Waals surface area (Å²) >= 11 is 0. The highest BCUT2D eigenvalue weighted by atomic mass is 19.2. The number of aryl methyl sites for hydroxylation is 1. The van der Waals surface area contributed by atoms with Crippen LogP contribution in [-0.4, -0.2) is 9.78 Å². The molecule has 2 rings (SSSR count). The summed E-state index contributed by atoms with van der Waals surface area (Å²) in [5.74, 6) is -1.63. The maximum absolute atomic E-state index is 13.1. The number of hydrogen-bond donors (Lipinski definition) is 1. The van der Waals surface area contributed by atoms with Gasteiger partial charge >= 0.3 is 0 Å². The Morgan fingerprint density at radius 2 is 1.86 bits per heavy atom. The molecule has 0 aliphatic heterocycles. The molecule has 0 amide bonds. The Kier molecular flexibility index (Phi) is 4.42. The Hall–Kier alpha value is -1.75. The summed E-state index contributed by atoms with van der Waals surface area (Å²) in [7, 11) is 1.90. The molecule has 5 heteroatoms. The molecule has 1 aromatic heterocycles. The first-order chi connectivity index (χ1) is 9.77. The minimum absolute atomic E-state index is 0.0275. The van der Waals surface area contributed by atoms with Crippen molar-refractivity contribution in [2.75, 3.05) is 0 Å². The van der Waals surface area contributed by atoms with Crippen LogP contribution >= 0.6 is 0 Å². The second kappa shape index (κ2) is 5.93. The molecule has 0 fully saturated rings. The van der Waals surface area contributed by atoms with Crippen LogP contribution in [0.25, 0.3) is 0 Å². The summed E-state index contributed by atoms with van der Waals surface area (Å²) in [6, 6.07) is 3.95. The maximum Gasteiger partial charge on any atom is 0.159 e. The molecule has 0 saturated carbocycles. The summed E-state index contributed by atoms with van der Waals surface area (Å²) < 4.78 is 27.8. The number of nitrogens with one attached hydrogen (secondary N) is 1. The zero-order valence-electron chi connectivity index (χ0n) is 12.9. The van der Waals surface area contributed by atoms with Crippen molar-refractivity contribution in [3.63, 3.8) is 0 Å². The van der Waals surface area contributed by atoms with E-state index >= 15 is 0 Å². The standard InChI is InChI=1S/C16H21F2N3/c1-16(2,3)15-12(10-21(4)20-15)9-19-8-11-5-6-13(17)14(18)7-11/h5-7,10,19H,8-9H2,1-4H3. The van der Waals surface area contributed by atoms with E-state index in [1.54, 1.807) is 10.7 Å². The lowest BCUT2D eigenvalue weighted by atomic mass is 9.89. The Labute approximate surface area is 124 Å². The highest BCUT2D eigenvalue weighted by Crippen LogP contribution is 2.24. The van der Waals surface area contributed by atoms with E-state index in [1.165, 1.54) is 6.07 Å². The van der Waals surface area contributed by atoms with Crippen molar-refractivity contribution in [3.8, 4) is 0 Å². The van der Waals surface area contributed by atoms with Crippen molar-refractivity contribution in [1.82, 2.24) is 15.1 Å². The molecule has 0 saturated heterocycles. The van der Waals surface area contributed by atoms with Gasteiger partial charge in [0.25, 0.3) is 0 Å². The summed E-state index contributed by atoms with van der Waals surface area (Å²) in [6.07, 6.45) is 1.98. The molecule has 0 aliphatic rings. The third kappa shape index (κ3) is 3.88. The van der Waals surface area contributed by atoms with Crippen LogP contribution in [-0.2, 0) is 25.6 Å². The van der Waals surface area contributed by atoms with Crippen LogP contribution in [0.4, 0.5) is 8.78 Å². The second-order valence-corrected chi connectivity index (χ2v) is 6.28. The van der Waals surface area contributed by atoms with Gasteiger partial charge in [0.2, 0.25) is 0 Å². The monoisotopic (exact) mass is 293 g/mol. The molecular weight excluding hydrogens is 272 g/mol. The average Bonchev–Trinajstić information content (AvgIpc) is 2.75. The molecule has 0 spiro atoms. The number of nitrogens with zero attached hydrogens (tertiary/aromatic N) is 2. The van der Waals surface area contributed by atoms with E-state index in [9.17, 15) is 8.78 Å². The third-order valence-electron chi connectivity index (χ3n) is 3.24. The SMILES string of the molecule is Cn1cc(CNCc2ccc(F)c(F)c2)c(C(C)(C)C)n1. The fourth-order valence-electron chi connectivity index (χ4n) is 2.29. The number of benzene rings is 1. The maximum atomic E-state index is 13.1. The Morgan fingerprint density at radius 3 is 2.48 bits per heavy atom. The van der Waals surface area contributed by atoms with Gasteiger partial charge in [-0.15, -0.1) is 0 Å². The summed E-state index contributed by atoms with van der Waals surface area (Å²) in [5.41, 5.74) is 2.85. The highest BCUT2D eigenvalue weighted by Gasteiger charge is 2.21. The van der Waals surface area contributed by atoms with E-state index in [0.29, 0.717) is 13.1 Å². The first-order valence-corrected chi connectivity index (χ1v) is 6.95. The van der Waals surface area contributed by atoms with Gasteiger partial charge in [0, 0.05) is 37.3 Å². The van der Waals surface area contributed by atoms with Gasteiger partial charge in [0.15, 0.2) is 11.6 Å². The summed E-state index contributed by atoms with van der Waals surface area (Å²) in [4.78, 5) is 0. The highest BCUT2D eigenvalue weighted by molar-refractivity contribution is 5.24. The van der Waals surface area contributed by atoms with Gasteiger partial charge in [-0.05, 0) is 17.7 Å². The zero-order chi connectivity index (χ0) is 15.6. The van der Waals surface area contributed by atoms with Crippen LogP contribution in [0.15, 0.2) is 24.4 Å². The van der Waals surface area contributed by atoms with Crippen molar-refractivity contribution in [3.05, 3.63) is 52.9 Å². The molecule has 1 N–H and O–H groups in total. The molecule has 1 heterocycles. The van der Waals surface area contributed by atoms with Crippen molar-refractivity contribution < 1.29 is 8.78 Å². The predicted octanol–water partition coefficient (Wildman–Crippen LogP) is 3.29. The quantitative estimate of drug-likeness (QED) is 0.937. The molecular formula is C16H21F2N3. The smallest absolute Gasteiger partial charge is 0.159 e. The van der Waals surface area contributed by atoms with Crippen LogP contribution < -0.4 is 5.32 Å². The predicted molar refractivity (Wildman–Crippen MR) is 78.8 cm³/mol. The lowest BCUT2D eigenvalue weighted by Crippen LogP contribution is -2.19. The van der Waals surface area contributed by atoms with Crippen molar-refractivity contribution in [2.24, 2.45) is 7.05 Å². The van der Waals surface area contributed by atoms with Gasteiger partial charge < -0.3 is 5.32 Å². The molecule has 1 aromatic carbocycles. The van der Waals surface area contributed by atoms with E-state index in [1.807, 2.05) is 13.2 Å². The summed E-state index contributed by atoms with van der Waals surface area (Å²) in [5, 5.41) is 7.75. The third-order valence-corrected chi connectivity index (χ3v) is 3.24. The molecule has 114 valence electrons. The van der Waals surface area contributed by atoms with E-state index in [2.05, 4.69) is 31.2 Å². The van der Waals surface area contributed by atoms with Gasteiger partial charge in [0.05, 0.1) is 5.69 Å². The number of hydrogen-bond acceptors (Lipinski definition) is 2. The topological polar surface area (TPSA) is 29.9 Å². The minimum Gasteiger partial charge on any atom is -0.308 e. The first-order valence-electron chi connectivity index (χ1n) is 6.95. The van der Waals surface area contributed by atoms with E-state index in [0.717, 1.165) is 22.9 Å².